The Morgan fingerprint density at radius 2 is 2.07 bits per heavy atom. The minimum absolute atomic E-state index is 0.0497. The third kappa shape index (κ3) is 4.06. The first-order valence-electron chi connectivity index (χ1n) is 4.87. The summed E-state index contributed by atoms with van der Waals surface area (Å²) >= 11 is 6.02. The summed E-state index contributed by atoms with van der Waals surface area (Å²) in [6, 6.07) is 3.55. The molecule has 0 aromatic carbocycles. The summed E-state index contributed by atoms with van der Waals surface area (Å²) < 4.78 is 5.04. The van der Waals surface area contributed by atoms with Crippen molar-refractivity contribution in [3.05, 3.63) is 22.8 Å². The van der Waals surface area contributed by atoms with Gasteiger partial charge in [0.15, 0.2) is 0 Å². The minimum Gasteiger partial charge on any atom is -0.481 e. The van der Waals surface area contributed by atoms with E-state index < -0.39 is 0 Å². The average molecular weight is 229 g/mol. The topological polar surface area (TPSA) is 34.1 Å². The van der Waals surface area contributed by atoms with Crippen molar-refractivity contribution in [1.82, 2.24) is 10.3 Å². The van der Waals surface area contributed by atoms with Crippen LogP contribution in [-0.4, -0.2) is 17.6 Å². The number of rotatable bonds is 3. The van der Waals surface area contributed by atoms with Gasteiger partial charge in [0.25, 0.3) is 0 Å². The molecular formula is C11H17ClN2O. The molecule has 0 aliphatic rings. The molecule has 0 aliphatic heterocycles. The van der Waals surface area contributed by atoms with E-state index in [2.05, 4.69) is 31.1 Å². The van der Waals surface area contributed by atoms with Crippen molar-refractivity contribution in [3.63, 3.8) is 0 Å². The maximum atomic E-state index is 6.02. The van der Waals surface area contributed by atoms with Crippen LogP contribution in [0, 0.1) is 0 Å². The van der Waals surface area contributed by atoms with Crippen LogP contribution in [0.5, 0.6) is 5.88 Å². The molecule has 0 spiro atoms. The maximum absolute atomic E-state index is 6.02. The molecule has 1 rings (SSSR count). The lowest BCUT2D eigenvalue weighted by Gasteiger charge is -2.20. The van der Waals surface area contributed by atoms with Gasteiger partial charge in [0.05, 0.1) is 17.8 Å². The zero-order valence-corrected chi connectivity index (χ0v) is 10.4. The number of aromatic nitrogens is 1. The standard InChI is InChI=1S/C11H17ClN2O/c1-11(2,3)13-7-9-8(12)5-6-10(14-9)15-4/h5-6,13H,7H2,1-4H3. The number of hydrogen-bond acceptors (Lipinski definition) is 3. The summed E-state index contributed by atoms with van der Waals surface area (Å²) in [6.45, 7) is 6.93. The number of ether oxygens (including phenoxy) is 1. The number of hydrogen-bond donors (Lipinski definition) is 1. The summed E-state index contributed by atoms with van der Waals surface area (Å²) in [4.78, 5) is 4.28. The molecule has 1 aromatic heterocycles. The van der Waals surface area contributed by atoms with Crippen molar-refractivity contribution in [2.75, 3.05) is 7.11 Å². The Balaban J connectivity index is 2.75. The van der Waals surface area contributed by atoms with Crippen molar-refractivity contribution in [1.29, 1.82) is 0 Å². The van der Waals surface area contributed by atoms with Gasteiger partial charge < -0.3 is 10.1 Å². The second kappa shape index (κ2) is 4.81. The van der Waals surface area contributed by atoms with Gasteiger partial charge in [-0.1, -0.05) is 11.6 Å². The van der Waals surface area contributed by atoms with Gasteiger partial charge in [-0.15, -0.1) is 0 Å². The summed E-state index contributed by atoms with van der Waals surface area (Å²) in [5.74, 6) is 0.588. The third-order valence-corrected chi connectivity index (χ3v) is 2.23. The Hall–Kier alpha value is -0.800. The normalized spacial score (nSPS) is 11.5. The van der Waals surface area contributed by atoms with Crippen LogP contribution in [0.3, 0.4) is 0 Å². The SMILES string of the molecule is COc1ccc(Cl)c(CNC(C)(C)C)n1. The fraction of sp³-hybridized carbons (Fsp3) is 0.545. The van der Waals surface area contributed by atoms with E-state index in [1.807, 2.05) is 0 Å². The quantitative estimate of drug-likeness (QED) is 0.864. The van der Waals surface area contributed by atoms with Crippen LogP contribution in [-0.2, 0) is 6.54 Å². The highest BCUT2D eigenvalue weighted by atomic mass is 35.5. The molecule has 1 N–H and O–H groups in total. The first-order chi connectivity index (χ1) is 6.92. The van der Waals surface area contributed by atoms with Crippen LogP contribution in [0.4, 0.5) is 0 Å². The van der Waals surface area contributed by atoms with Crippen molar-refractivity contribution in [3.8, 4) is 5.88 Å². The van der Waals surface area contributed by atoms with Crippen molar-refractivity contribution >= 4 is 11.6 Å². The highest BCUT2D eigenvalue weighted by molar-refractivity contribution is 6.31. The zero-order valence-electron chi connectivity index (χ0n) is 9.60. The van der Waals surface area contributed by atoms with Crippen LogP contribution in [0.2, 0.25) is 5.02 Å². The Bertz CT molecular complexity index is 334. The molecule has 0 fully saturated rings. The number of nitrogens with one attached hydrogen (secondary N) is 1. The largest absolute Gasteiger partial charge is 0.481 e. The second-order valence-electron chi connectivity index (χ2n) is 4.39. The molecule has 1 heterocycles. The number of methoxy groups -OCH3 is 1. The molecule has 15 heavy (non-hydrogen) atoms. The monoisotopic (exact) mass is 228 g/mol. The molecule has 0 amide bonds. The van der Waals surface area contributed by atoms with Gasteiger partial charge in [0.2, 0.25) is 5.88 Å². The molecule has 0 saturated heterocycles. The Morgan fingerprint density at radius 3 is 2.60 bits per heavy atom. The van der Waals surface area contributed by atoms with Gasteiger partial charge in [-0.25, -0.2) is 4.98 Å². The fourth-order valence-electron chi connectivity index (χ4n) is 1.05. The van der Waals surface area contributed by atoms with Crippen LogP contribution >= 0.6 is 11.6 Å². The molecule has 0 aliphatic carbocycles. The molecule has 0 unspecified atom stereocenters. The molecule has 3 nitrogen and oxygen atoms in total. The fourth-order valence-corrected chi connectivity index (χ4v) is 1.22. The molecule has 0 saturated carbocycles. The smallest absolute Gasteiger partial charge is 0.213 e. The molecule has 0 radical (unpaired) electrons. The van der Waals surface area contributed by atoms with Crippen molar-refractivity contribution in [2.45, 2.75) is 32.9 Å². The van der Waals surface area contributed by atoms with Gasteiger partial charge in [0.1, 0.15) is 0 Å². The predicted octanol–water partition coefficient (Wildman–Crippen LogP) is 2.63. The van der Waals surface area contributed by atoms with E-state index in [0.717, 1.165) is 5.69 Å². The van der Waals surface area contributed by atoms with Crippen LogP contribution in [0.25, 0.3) is 0 Å². The number of pyridine rings is 1. The van der Waals surface area contributed by atoms with Gasteiger partial charge in [0, 0.05) is 18.2 Å². The molecule has 0 bridgehead atoms. The van der Waals surface area contributed by atoms with E-state index in [1.54, 1.807) is 19.2 Å². The highest BCUT2D eigenvalue weighted by Crippen LogP contribution is 2.18. The van der Waals surface area contributed by atoms with Crippen LogP contribution in [0.15, 0.2) is 12.1 Å². The lowest BCUT2D eigenvalue weighted by Crippen LogP contribution is -2.35. The zero-order chi connectivity index (χ0) is 11.5. The van der Waals surface area contributed by atoms with Crippen LogP contribution < -0.4 is 10.1 Å². The number of nitrogens with zero attached hydrogens (tertiary/aromatic N) is 1. The van der Waals surface area contributed by atoms with E-state index in [-0.39, 0.29) is 5.54 Å². The van der Waals surface area contributed by atoms with Crippen molar-refractivity contribution < 1.29 is 4.74 Å². The Labute approximate surface area is 95.8 Å². The summed E-state index contributed by atoms with van der Waals surface area (Å²) in [5.41, 5.74) is 0.861. The predicted molar refractivity (Wildman–Crippen MR) is 62.4 cm³/mol. The second-order valence-corrected chi connectivity index (χ2v) is 4.79. The average Bonchev–Trinajstić information content (AvgIpc) is 2.15. The van der Waals surface area contributed by atoms with Gasteiger partial charge in [-0.2, -0.15) is 0 Å². The summed E-state index contributed by atoms with van der Waals surface area (Å²) in [5, 5.41) is 3.99. The summed E-state index contributed by atoms with van der Waals surface area (Å²) in [7, 11) is 1.59. The van der Waals surface area contributed by atoms with E-state index in [1.165, 1.54) is 0 Å². The van der Waals surface area contributed by atoms with Gasteiger partial charge in [-0.3, -0.25) is 0 Å². The molecule has 84 valence electrons. The Morgan fingerprint density at radius 1 is 1.40 bits per heavy atom. The highest BCUT2D eigenvalue weighted by Gasteiger charge is 2.11. The van der Waals surface area contributed by atoms with Gasteiger partial charge >= 0.3 is 0 Å². The molecular weight excluding hydrogens is 212 g/mol. The van der Waals surface area contributed by atoms with Crippen LogP contribution in [0.1, 0.15) is 26.5 Å². The third-order valence-electron chi connectivity index (χ3n) is 1.89. The lowest BCUT2D eigenvalue weighted by molar-refractivity contribution is 0.390. The maximum Gasteiger partial charge on any atom is 0.213 e. The Kier molecular flexibility index (Phi) is 3.94. The molecule has 1 aromatic rings. The first kappa shape index (κ1) is 12.3. The van der Waals surface area contributed by atoms with E-state index in [4.69, 9.17) is 16.3 Å². The first-order valence-corrected chi connectivity index (χ1v) is 5.24. The number of halogens is 1. The lowest BCUT2D eigenvalue weighted by atomic mass is 10.1. The van der Waals surface area contributed by atoms with E-state index >= 15 is 0 Å². The summed E-state index contributed by atoms with van der Waals surface area (Å²) in [6.07, 6.45) is 0. The minimum atomic E-state index is 0.0497. The molecule has 4 heteroatoms. The van der Waals surface area contributed by atoms with E-state index in [9.17, 15) is 0 Å². The molecule has 0 atom stereocenters. The van der Waals surface area contributed by atoms with Crippen molar-refractivity contribution in [2.24, 2.45) is 0 Å². The van der Waals surface area contributed by atoms with E-state index in [0.29, 0.717) is 17.4 Å². The van der Waals surface area contributed by atoms with Gasteiger partial charge in [-0.05, 0) is 26.8 Å².